The van der Waals surface area contributed by atoms with E-state index >= 15 is 0 Å². The number of thiophene rings is 1. The minimum atomic E-state index is -1.42. The van der Waals surface area contributed by atoms with Gasteiger partial charge in [-0.15, -0.1) is 23.1 Å². The molecule has 1 aromatic carbocycles. The summed E-state index contributed by atoms with van der Waals surface area (Å²) in [7, 11) is 0. The van der Waals surface area contributed by atoms with Gasteiger partial charge in [0.25, 0.3) is 0 Å². The standard InChI is InChI=1S/C18H13BrN2O2S2/c19-12-5-3-11(4-6-12)18(23)10-25-17-14(9-20)13(8-16(22)21(17)18)15-2-1-7-24-15/h1-7,13,23H,8,10H2. The number of amides is 1. The monoisotopic (exact) mass is 432 g/mol. The highest BCUT2D eigenvalue weighted by atomic mass is 79.9. The average molecular weight is 433 g/mol. The van der Waals surface area contributed by atoms with Crippen LogP contribution in [0, 0.1) is 11.3 Å². The van der Waals surface area contributed by atoms with Crippen LogP contribution < -0.4 is 0 Å². The number of aliphatic hydroxyl groups is 1. The zero-order valence-corrected chi connectivity index (χ0v) is 16.2. The molecule has 126 valence electrons. The molecule has 0 bridgehead atoms. The summed E-state index contributed by atoms with van der Waals surface area (Å²) in [5, 5.41) is 23.5. The lowest BCUT2D eigenvalue weighted by molar-refractivity contribution is -0.149. The molecular weight excluding hydrogens is 420 g/mol. The molecule has 0 aliphatic carbocycles. The second-order valence-corrected chi connectivity index (χ2v) is 8.80. The van der Waals surface area contributed by atoms with Gasteiger partial charge in [-0.2, -0.15) is 5.26 Å². The Balaban J connectivity index is 1.81. The van der Waals surface area contributed by atoms with Gasteiger partial charge in [-0.1, -0.05) is 34.1 Å². The summed E-state index contributed by atoms with van der Waals surface area (Å²) in [4.78, 5) is 15.3. The largest absolute Gasteiger partial charge is 0.366 e. The van der Waals surface area contributed by atoms with Crippen LogP contribution in [0.5, 0.6) is 0 Å². The van der Waals surface area contributed by atoms with E-state index in [1.165, 1.54) is 16.7 Å². The van der Waals surface area contributed by atoms with Gasteiger partial charge in [0.1, 0.15) is 0 Å². The Morgan fingerprint density at radius 2 is 2.08 bits per heavy atom. The lowest BCUT2D eigenvalue weighted by atomic mass is 9.90. The van der Waals surface area contributed by atoms with E-state index < -0.39 is 5.72 Å². The third-order valence-electron chi connectivity index (χ3n) is 4.50. The van der Waals surface area contributed by atoms with E-state index in [1.54, 1.807) is 23.5 Å². The quantitative estimate of drug-likeness (QED) is 0.773. The Morgan fingerprint density at radius 3 is 2.72 bits per heavy atom. The molecule has 4 rings (SSSR count). The number of nitrogens with zero attached hydrogens (tertiary/aromatic N) is 2. The third kappa shape index (κ3) is 2.64. The Kier molecular flexibility index (Phi) is 4.24. The molecule has 2 aliphatic rings. The van der Waals surface area contributed by atoms with Crippen molar-refractivity contribution in [2.45, 2.75) is 18.1 Å². The molecule has 0 radical (unpaired) electrons. The molecule has 0 spiro atoms. The van der Waals surface area contributed by atoms with Crippen molar-refractivity contribution in [3.63, 3.8) is 0 Å². The molecule has 4 nitrogen and oxygen atoms in total. The van der Waals surface area contributed by atoms with Crippen molar-refractivity contribution in [2.75, 3.05) is 5.75 Å². The maximum Gasteiger partial charge on any atom is 0.231 e. The summed E-state index contributed by atoms with van der Waals surface area (Å²) in [5.41, 5.74) is -0.196. The van der Waals surface area contributed by atoms with Crippen LogP contribution in [0.2, 0.25) is 0 Å². The zero-order valence-electron chi connectivity index (χ0n) is 13.0. The van der Waals surface area contributed by atoms with E-state index in [9.17, 15) is 15.2 Å². The number of carbonyl (C=O) groups is 1. The van der Waals surface area contributed by atoms with Gasteiger partial charge in [0.2, 0.25) is 5.91 Å². The summed E-state index contributed by atoms with van der Waals surface area (Å²) in [6.07, 6.45) is 0.201. The lowest BCUT2D eigenvalue weighted by Gasteiger charge is -2.37. The number of benzene rings is 1. The number of fused-ring (bicyclic) bond motifs is 1. The molecule has 1 saturated heterocycles. The van der Waals surface area contributed by atoms with E-state index in [0.29, 0.717) is 21.9 Å². The summed E-state index contributed by atoms with van der Waals surface area (Å²) in [6, 6.07) is 13.5. The molecule has 1 fully saturated rings. The first kappa shape index (κ1) is 16.9. The van der Waals surface area contributed by atoms with Gasteiger partial charge < -0.3 is 5.11 Å². The maximum absolute atomic E-state index is 12.9. The van der Waals surface area contributed by atoms with Gasteiger partial charge in [-0.25, -0.2) is 0 Å². The van der Waals surface area contributed by atoms with Crippen LogP contribution in [0.3, 0.4) is 0 Å². The number of rotatable bonds is 2. The first-order chi connectivity index (χ1) is 12.0. The highest BCUT2D eigenvalue weighted by Crippen LogP contribution is 2.52. The molecular formula is C18H13BrN2O2S2. The first-order valence-electron chi connectivity index (χ1n) is 7.66. The van der Waals surface area contributed by atoms with Gasteiger partial charge in [0.05, 0.1) is 22.4 Å². The van der Waals surface area contributed by atoms with Crippen molar-refractivity contribution in [1.29, 1.82) is 5.26 Å². The van der Waals surface area contributed by atoms with Crippen LogP contribution in [0.4, 0.5) is 0 Å². The topological polar surface area (TPSA) is 64.3 Å². The van der Waals surface area contributed by atoms with Crippen molar-refractivity contribution in [1.82, 2.24) is 4.90 Å². The number of hydrogen-bond acceptors (Lipinski definition) is 5. The number of hydrogen-bond donors (Lipinski definition) is 1. The lowest BCUT2D eigenvalue weighted by Crippen LogP contribution is -2.48. The van der Waals surface area contributed by atoms with Crippen molar-refractivity contribution in [2.24, 2.45) is 0 Å². The molecule has 1 aromatic heterocycles. The Labute approximate surface area is 161 Å². The molecule has 2 atom stereocenters. The second-order valence-electron chi connectivity index (χ2n) is 5.94. The molecule has 0 saturated carbocycles. The molecule has 3 heterocycles. The Hall–Kier alpha value is -1.59. The minimum Gasteiger partial charge on any atom is -0.366 e. The van der Waals surface area contributed by atoms with Crippen LogP contribution in [0.1, 0.15) is 22.8 Å². The first-order valence-corrected chi connectivity index (χ1v) is 10.3. The van der Waals surface area contributed by atoms with E-state index in [4.69, 9.17) is 0 Å². The predicted octanol–water partition coefficient (Wildman–Crippen LogP) is 4.15. The van der Waals surface area contributed by atoms with Gasteiger partial charge >= 0.3 is 0 Å². The summed E-state index contributed by atoms with van der Waals surface area (Å²) in [6.45, 7) is 0. The fourth-order valence-electron chi connectivity index (χ4n) is 3.29. The molecule has 7 heteroatoms. The number of carbonyl (C=O) groups excluding carboxylic acids is 1. The average Bonchev–Trinajstić information content (AvgIpc) is 3.24. The van der Waals surface area contributed by atoms with Crippen LogP contribution in [-0.4, -0.2) is 21.7 Å². The minimum absolute atomic E-state index is 0.150. The highest BCUT2D eigenvalue weighted by Gasteiger charge is 2.51. The second kappa shape index (κ2) is 6.29. The van der Waals surface area contributed by atoms with Crippen LogP contribution >= 0.6 is 39.0 Å². The summed E-state index contributed by atoms with van der Waals surface area (Å²) < 4.78 is 0.904. The molecule has 2 aromatic rings. The molecule has 2 aliphatic heterocycles. The number of nitriles is 1. The molecule has 1 amide bonds. The van der Waals surface area contributed by atoms with Gasteiger partial charge in [0, 0.05) is 27.3 Å². The highest BCUT2D eigenvalue weighted by molar-refractivity contribution is 9.10. The van der Waals surface area contributed by atoms with Gasteiger partial charge in [-0.3, -0.25) is 9.69 Å². The fourth-order valence-corrected chi connectivity index (χ4v) is 5.75. The molecule has 2 unspecified atom stereocenters. The van der Waals surface area contributed by atoms with E-state index in [2.05, 4.69) is 22.0 Å². The number of thioether (sulfide) groups is 1. The summed E-state index contributed by atoms with van der Waals surface area (Å²) in [5.74, 6) is -0.0516. The van der Waals surface area contributed by atoms with Crippen molar-refractivity contribution < 1.29 is 9.90 Å². The van der Waals surface area contributed by atoms with Crippen LogP contribution in [0.25, 0.3) is 0 Å². The Bertz CT molecular complexity index is 902. The fraction of sp³-hybridized carbons (Fsp3) is 0.222. The summed E-state index contributed by atoms with van der Waals surface area (Å²) >= 11 is 6.31. The molecule has 25 heavy (non-hydrogen) atoms. The number of allylic oxidation sites excluding steroid dienone is 1. The van der Waals surface area contributed by atoms with Gasteiger partial charge in [0.15, 0.2) is 5.72 Å². The van der Waals surface area contributed by atoms with E-state index in [-0.39, 0.29) is 18.2 Å². The van der Waals surface area contributed by atoms with Gasteiger partial charge in [-0.05, 0) is 23.6 Å². The van der Waals surface area contributed by atoms with Crippen LogP contribution in [-0.2, 0) is 10.5 Å². The predicted molar refractivity (Wildman–Crippen MR) is 102 cm³/mol. The van der Waals surface area contributed by atoms with E-state index in [0.717, 1.165) is 9.35 Å². The van der Waals surface area contributed by atoms with E-state index in [1.807, 2.05) is 29.6 Å². The zero-order chi connectivity index (χ0) is 17.6. The van der Waals surface area contributed by atoms with Crippen molar-refractivity contribution >= 4 is 44.9 Å². The smallest absolute Gasteiger partial charge is 0.231 e. The maximum atomic E-state index is 12.9. The Morgan fingerprint density at radius 1 is 1.32 bits per heavy atom. The number of halogens is 1. The third-order valence-corrected chi connectivity index (χ3v) is 7.24. The van der Waals surface area contributed by atoms with Crippen molar-refractivity contribution in [3.05, 3.63) is 67.3 Å². The SMILES string of the molecule is N#CC1=C2SCC(O)(c3ccc(Br)cc3)N2C(=O)CC1c1cccs1. The molecule has 1 N–H and O–H groups in total. The normalized spacial score (nSPS) is 25.9. The van der Waals surface area contributed by atoms with Crippen molar-refractivity contribution in [3.8, 4) is 6.07 Å². The van der Waals surface area contributed by atoms with Crippen LogP contribution in [0.15, 0.2) is 56.9 Å².